The van der Waals surface area contributed by atoms with E-state index in [2.05, 4.69) is 21.9 Å². The summed E-state index contributed by atoms with van der Waals surface area (Å²) < 4.78 is 27.6. The number of benzene rings is 3. The number of sulfonamides is 1. The fourth-order valence-electron chi connectivity index (χ4n) is 3.16. The van der Waals surface area contributed by atoms with Gasteiger partial charge in [-0.1, -0.05) is 61.9 Å². The van der Waals surface area contributed by atoms with Crippen LogP contribution in [0, 0.1) is 11.8 Å². The van der Waals surface area contributed by atoms with E-state index >= 15 is 0 Å². The Bertz CT molecular complexity index is 1310. The number of hydrogen-bond acceptors (Lipinski definition) is 4. The molecule has 0 heterocycles. The van der Waals surface area contributed by atoms with Gasteiger partial charge in [-0.15, -0.1) is 0 Å². The maximum atomic E-state index is 12.8. The summed E-state index contributed by atoms with van der Waals surface area (Å²) in [4.78, 5) is 24.6. The van der Waals surface area contributed by atoms with Gasteiger partial charge in [-0.05, 0) is 55.0 Å². The predicted octanol–water partition coefficient (Wildman–Crippen LogP) is 4.72. The third-order valence-corrected chi connectivity index (χ3v) is 6.38. The maximum absolute atomic E-state index is 12.8. The third-order valence-electron chi connectivity index (χ3n) is 4.95. The molecule has 3 rings (SSSR count). The first kappa shape index (κ1) is 24.7. The molecule has 0 atom stereocenters. The first-order chi connectivity index (χ1) is 16.4. The number of hydrogen-bond donors (Lipinski definition) is 2. The van der Waals surface area contributed by atoms with Crippen molar-refractivity contribution in [1.29, 1.82) is 0 Å². The molecule has 0 saturated heterocycles. The van der Waals surface area contributed by atoms with E-state index in [1.165, 1.54) is 18.2 Å². The van der Waals surface area contributed by atoms with Crippen LogP contribution in [0.15, 0.2) is 83.8 Å². The summed E-state index contributed by atoms with van der Waals surface area (Å²) in [6, 6.07) is 22.2. The summed E-state index contributed by atoms with van der Waals surface area (Å²) in [5, 5.41) is 2.63. The van der Waals surface area contributed by atoms with Crippen molar-refractivity contribution >= 4 is 27.5 Å². The van der Waals surface area contributed by atoms with E-state index in [0.717, 1.165) is 24.0 Å². The number of nitrogens with one attached hydrogen (secondary N) is 2. The largest absolute Gasteiger partial charge is 0.321 e. The summed E-state index contributed by atoms with van der Waals surface area (Å²) in [5.74, 6) is 5.05. The van der Waals surface area contributed by atoms with Crippen molar-refractivity contribution in [2.75, 3.05) is 5.32 Å². The van der Waals surface area contributed by atoms with Crippen LogP contribution in [0.25, 0.3) is 0 Å². The molecule has 0 aromatic heterocycles. The number of rotatable bonds is 8. The lowest BCUT2D eigenvalue weighted by molar-refractivity contribution is -0.119. The molecule has 0 aliphatic heterocycles. The molecule has 3 aromatic rings. The highest BCUT2D eigenvalue weighted by Gasteiger charge is 2.22. The van der Waals surface area contributed by atoms with Crippen molar-refractivity contribution in [1.82, 2.24) is 4.72 Å². The molecule has 0 bridgehead atoms. The normalized spacial score (nSPS) is 10.6. The summed E-state index contributed by atoms with van der Waals surface area (Å²) in [6.07, 6.45) is 2.51. The van der Waals surface area contributed by atoms with Gasteiger partial charge in [0.2, 0.25) is 5.91 Å². The molecular formula is C27H26N2O4S. The fourth-order valence-corrected chi connectivity index (χ4v) is 4.34. The number of para-hydroxylation sites is 1. The van der Waals surface area contributed by atoms with Crippen LogP contribution in [0.5, 0.6) is 0 Å². The zero-order chi connectivity index (χ0) is 24.4. The second-order valence-corrected chi connectivity index (χ2v) is 9.28. The number of amides is 2. The number of unbranched alkanes of at least 4 members (excludes halogenated alkanes) is 2. The molecule has 0 unspecified atom stereocenters. The van der Waals surface area contributed by atoms with Crippen LogP contribution in [0.4, 0.5) is 5.69 Å². The monoisotopic (exact) mass is 474 g/mol. The highest BCUT2D eigenvalue weighted by Crippen LogP contribution is 2.22. The lowest BCUT2D eigenvalue weighted by Gasteiger charge is -2.12. The van der Waals surface area contributed by atoms with E-state index in [1.54, 1.807) is 30.3 Å². The number of carbonyl (C=O) groups excluding carboxylic acids is 2. The van der Waals surface area contributed by atoms with Gasteiger partial charge in [-0.2, -0.15) is 0 Å². The van der Waals surface area contributed by atoms with Gasteiger partial charge in [-0.3, -0.25) is 9.59 Å². The van der Waals surface area contributed by atoms with E-state index in [4.69, 9.17) is 0 Å². The highest BCUT2D eigenvalue weighted by atomic mass is 32.2. The summed E-state index contributed by atoms with van der Waals surface area (Å²) in [6.45, 7) is 2.00. The summed E-state index contributed by atoms with van der Waals surface area (Å²) >= 11 is 0. The van der Waals surface area contributed by atoms with Crippen molar-refractivity contribution in [2.24, 2.45) is 0 Å². The molecular weight excluding hydrogens is 448 g/mol. The molecule has 6 nitrogen and oxygen atoms in total. The molecule has 0 fully saturated rings. The molecule has 0 aliphatic carbocycles. The SMILES string of the molecule is CCCCCC(=O)NS(=O)(=O)c1ccccc1NC(=O)c1ccc(C#Cc2ccccc2)cc1. The Morgan fingerprint density at radius 2 is 1.41 bits per heavy atom. The van der Waals surface area contributed by atoms with Crippen LogP contribution in [-0.4, -0.2) is 20.2 Å². The van der Waals surface area contributed by atoms with Crippen molar-refractivity contribution in [3.8, 4) is 11.8 Å². The minimum atomic E-state index is -4.13. The summed E-state index contributed by atoms with van der Waals surface area (Å²) in [5.41, 5.74) is 2.07. The van der Waals surface area contributed by atoms with Crippen LogP contribution in [0.2, 0.25) is 0 Å². The predicted molar refractivity (Wildman–Crippen MR) is 133 cm³/mol. The molecule has 34 heavy (non-hydrogen) atoms. The van der Waals surface area contributed by atoms with Crippen LogP contribution in [-0.2, 0) is 14.8 Å². The van der Waals surface area contributed by atoms with Crippen LogP contribution in [0.3, 0.4) is 0 Å². The maximum Gasteiger partial charge on any atom is 0.266 e. The molecule has 0 spiro atoms. The van der Waals surface area contributed by atoms with E-state index in [9.17, 15) is 18.0 Å². The van der Waals surface area contributed by atoms with Gasteiger partial charge in [0.15, 0.2) is 0 Å². The van der Waals surface area contributed by atoms with Gasteiger partial charge < -0.3 is 5.32 Å². The second-order valence-electron chi connectivity index (χ2n) is 7.63. The lowest BCUT2D eigenvalue weighted by atomic mass is 10.1. The molecule has 0 saturated carbocycles. The quantitative estimate of drug-likeness (QED) is 0.365. The topological polar surface area (TPSA) is 92.3 Å². The average Bonchev–Trinajstić information content (AvgIpc) is 2.84. The van der Waals surface area contributed by atoms with Crippen LogP contribution >= 0.6 is 0 Å². The minimum Gasteiger partial charge on any atom is -0.321 e. The zero-order valence-corrected chi connectivity index (χ0v) is 19.7. The van der Waals surface area contributed by atoms with E-state index in [0.29, 0.717) is 12.0 Å². The Kier molecular flexibility index (Phi) is 8.60. The Morgan fingerprint density at radius 3 is 2.09 bits per heavy atom. The van der Waals surface area contributed by atoms with Gasteiger partial charge in [0, 0.05) is 23.1 Å². The minimum absolute atomic E-state index is 0.0919. The molecule has 174 valence electrons. The highest BCUT2D eigenvalue weighted by molar-refractivity contribution is 7.90. The fraction of sp³-hybridized carbons (Fsp3) is 0.185. The van der Waals surface area contributed by atoms with E-state index in [1.807, 2.05) is 37.3 Å². The van der Waals surface area contributed by atoms with Crippen molar-refractivity contribution < 1.29 is 18.0 Å². The molecule has 0 aliphatic rings. The van der Waals surface area contributed by atoms with E-state index < -0.39 is 21.8 Å². The van der Waals surface area contributed by atoms with Crippen LogP contribution in [0.1, 0.15) is 54.1 Å². The standard InChI is InChI=1S/C27H26N2O4S/c1-2-3-5-14-26(30)29-34(32,33)25-13-9-8-12-24(25)28-27(31)23-19-17-22(18-20-23)16-15-21-10-6-4-7-11-21/h4,6-13,17-20H,2-3,5,14H2,1H3,(H,28,31)(H,29,30). The average molecular weight is 475 g/mol. The first-order valence-electron chi connectivity index (χ1n) is 11.0. The summed E-state index contributed by atoms with van der Waals surface area (Å²) in [7, 11) is -4.13. The molecule has 2 N–H and O–H groups in total. The first-order valence-corrected chi connectivity index (χ1v) is 12.5. The zero-order valence-electron chi connectivity index (χ0n) is 18.9. The van der Waals surface area contributed by atoms with Crippen molar-refractivity contribution in [2.45, 2.75) is 37.5 Å². The van der Waals surface area contributed by atoms with Gasteiger partial charge in [0.1, 0.15) is 4.90 Å². The van der Waals surface area contributed by atoms with Gasteiger partial charge in [0.05, 0.1) is 5.69 Å². The molecule has 0 radical (unpaired) electrons. The second kappa shape index (κ2) is 11.8. The number of anilines is 1. The molecule has 2 amide bonds. The Balaban J connectivity index is 1.71. The Morgan fingerprint density at radius 1 is 0.794 bits per heavy atom. The molecule has 7 heteroatoms. The van der Waals surface area contributed by atoms with E-state index in [-0.39, 0.29) is 17.0 Å². The third kappa shape index (κ3) is 7.06. The van der Waals surface area contributed by atoms with Gasteiger partial charge >= 0.3 is 0 Å². The van der Waals surface area contributed by atoms with Gasteiger partial charge in [-0.25, -0.2) is 13.1 Å². The van der Waals surface area contributed by atoms with Crippen molar-refractivity contribution in [3.63, 3.8) is 0 Å². The van der Waals surface area contributed by atoms with Gasteiger partial charge in [0.25, 0.3) is 15.9 Å². The molecule has 3 aromatic carbocycles. The Labute approximate surface area is 200 Å². The number of carbonyl (C=O) groups is 2. The lowest BCUT2D eigenvalue weighted by Crippen LogP contribution is -2.31. The smallest absolute Gasteiger partial charge is 0.266 e. The van der Waals surface area contributed by atoms with Crippen LogP contribution < -0.4 is 10.0 Å². The Hall–Kier alpha value is -3.89. The van der Waals surface area contributed by atoms with Crippen molar-refractivity contribution in [3.05, 3.63) is 95.6 Å².